The molecule has 3 heteroatoms. The summed E-state index contributed by atoms with van der Waals surface area (Å²) in [6.07, 6.45) is 9.73. The Morgan fingerprint density at radius 1 is 1.11 bits per heavy atom. The molecule has 1 N–H and O–H groups in total. The number of methoxy groups -OCH3 is 1. The molecular weight excluding hydrogens is 240 g/mol. The number of rotatable bonds is 5. The van der Waals surface area contributed by atoms with Gasteiger partial charge in [0.05, 0.1) is 18.3 Å². The summed E-state index contributed by atoms with van der Waals surface area (Å²) in [6, 6.07) is 0. The van der Waals surface area contributed by atoms with E-state index < -0.39 is 0 Å². The smallest absolute Gasteiger partial charge is 0.0656 e. The van der Waals surface area contributed by atoms with Crippen LogP contribution >= 0.6 is 0 Å². The number of aliphatic hydroxyl groups excluding tert-OH is 1. The first-order chi connectivity index (χ1) is 9.26. The maximum absolute atomic E-state index is 9.83. The predicted molar refractivity (Wildman–Crippen MR) is 76.1 cm³/mol. The Balaban J connectivity index is 2.03. The molecule has 2 aliphatic rings. The summed E-state index contributed by atoms with van der Waals surface area (Å²) in [5.74, 6) is 1.17. The van der Waals surface area contributed by atoms with E-state index in [4.69, 9.17) is 9.47 Å². The molecule has 3 nitrogen and oxygen atoms in total. The highest BCUT2D eigenvalue weighted by Crippen LogP contribution is 2.38. The van der Waals surface area contributed by atoms with E-state index in [1.54, 1.807) is 7.11 Å². The van der Waals surface area contributed by atoms with Gasteiger partial charge in [0.1, 0.15) is 0 Å². The zero-order chi connectivity index (χ0) is 13.7. The minimum Gasteiger partial charge on any atom is -0.393 e. The van der Waals surface area contributed by atoms with E-state index in [-0.39, 0.29) is 12.2 Å². The fourth-order valence-corrected chi connectivity index (χ4v) is 4.04. The molecule has 0 saturated heterocycles. The van der Waals surface area contributed by atoms with Gasteiger partial charge in [-0.05, 0) is 44.9 Å². The molecule has 2 aliphatic carbocycles. The zero-order valence-corrected chi connectivity index (χ0v) is 12.5. The number of aliphatic hydroxyl groups is 1. The van der Waals surface area contributed by atoms with Gasteiger partial charge in [0.25, 0.3) is 0 Å². The zero-order valence-electron chi connectivity index (χ0n) is 12.5. The lowest BCUT2D eigenvalue weighted by molar-refractivity contribution is -0.111. The van der Waals surface area contributed by atoms with Gasteiger partial charge in [0, 0.05) is 19.6 Å². The third-order valence-corrected chi connectivity index (χ3v) is 5.01. The van der Waals surface area contributed by atoms with Crippen LogP contribution in [0.1, 0.15) is 58.3 Å². The molecule has 0 bridgehead atoms. The summed E-state index contributed by atoms with van der Waals surface area (Å²) < 4.78 is 11.8. The molecule has 4 unspecified atom stereocenters. The van der Waals surface area contributed by atoms with Crippen LogP contribution < -0.4 is 0 Å². The summed E-state index contributed by atoms with van der Waals surface area (Å²) in [5.41, 5.74) is 0. The Morgan fingerprint density at radius 3 is 2.47 bits per heavy atom. The second kappa shape index (κ2) is 7.61. The van der Waals surface area contributed by atoms with Crippen molar-refractivity contribution in [3.63, 3.8) is 0 Å². The van der Waals surface area contributed by atoms with Gasteiger partial charge in [-0.25, -0.2) is 0 Å². The summed E-state index contributed by atoms with van der Waals surface area (Å²) in [6.45, 7) is 2.88. The molecule has 0 spiro atoms. The van der Waals surface area contributed by atoms with Crippen LogP contribution in [0, 0.1) is 11.8 Å². The summed E-state index contributed by atoms with van der Waals surface area (Å²) in [5, 5.41) is 9.83. The third-order valence-electron chi connectivity index (χ3n) is 5.01. The maximum Gasteiger partial charge on any atom is 0.0656 e. The van der Waals surface area contributed by atoms with Crippen molar-refractivity contribution in [2.75, 3.05) is 13.7 Å². The van der Waals surface area contributed by atoms with Gasteiger partial charge in [-0.3, -0.25) is 0 Å². The van der Waals surface area contributed by atoms with Crippen LogP contribution in [0.2, 0.25) is 0 Å². The Morgan fingerprint density at radius 2 is 1.84 bits per heavy atom. The van der Waals surface area contributed by atoms with E-state index in [0.29, 0.717) is 17.9 Å². The lowest BCUT2D eigenvalue weighted by Gasteiger charge is -2.42. The van der Waals surface area contributed by atoms with Gasteiger partial charge in [0.2, 0.25) is 0 Å². The van der Waals surface area contributed by atoms with Crippen molar-refractivity contribution in [2.24, 2.45) is 11.8 Å². The highest BCUT2D eigenvalue weighted by atomic mass is 16.5. The average molecular weight is 270 g/mol. The Hall–Kier alpha value is -0.120. The topological polar surface area (TPSA) is 38.7 Å². The van der Waals surface area contributed by atoms with E-state index in [1.165, 1.54) is 32.1 Å². The number of hydrogen-bond acceptors (Lipinski definition) is 3. The molecule has 0 aromatic rings. The molecule has 0 amide bonds. The fourth-order valence-electron chi connectivity index (χ4n) is 4.04. The average Bonchev–Trinajstić information content (AvgIpc) is 2.46. The SMILES string of the molecule is CCOC(C1CCCCC1)C1CCC(O)CC1OC. The van der Waals surface area contributed by atoms with Gasteiger partial charge >= 0.3 is 0 Å². The van der Waals surface area contributed by atoms with Gasteiger partial charge in [-0.15, -0.1) is 0 Å². The van der Waals surface area contributed by atoms with Crippen LogP contribution in [-0.4, -0.2) is 37.1 Å². The molecule has 2 fully saturated rings. The first-order valence-electron chi connectivity index (χ1n) is 8.08. The molecule has 0 radical (unpaired) electrons. The molecule has 0 heterocycles. The lowest BCUT2D eigenvalue weighted by Crippen LogP contribution is -2.44. The summed E-state index contributed by atoms with van der Waals surface area (Å²) in [7, 11) is 1.78. The van der Waals surface area contributed by atoms with Crippen molar-refractivity contribution in [1.29, 1.82) is 0 Å². The van der Waals surface area contributed by atoms with Crippen molar-refractivity contribution in [3.05, 3.63) is 0 Å². The van der Waals surface area contributed by atoms with Gasteiger partial charge < -0.3 is 14.6 Å². The molecule has 0 aliphatic heterocycles. The first-order valence-corrected chi connectivity index (χ1v) is 8.08. The van der Waals surface area contributed by atoms with Crippen molar-refractivity contribution in [2.45, 2.75) is 76.6 Å². The second-order valence-electron chi connectivity index (χ2n) is 6.22. The molecule has 2 rings (SSSR count). The van der Waals surface area contributed by atoms with Gasteiger partial charge in [0.15, 0.2) is 0 Å². The van der Waals surface area contributed by atoms with E-state index >= 15 is 0 Å². The van der Waals surface area contributed by atoms with Gasteiger partial charge in [-0.1, -0.05) is 19.3 Å². The van der Waals surface area contributed by atoms with Crippen molar-refractivity contribution in [1.82, 2.24) is 0 Å². The Kier molecular flexibility index (Phi) is 6.11. The van der Waals surface area contributed by atoms with Gasteiger partial charge in [-0.2, -0.15) is 0 Å². The monoisotopic (exact) mass is 270 g/mol. The molecule has 112 valence electrons. The summed E-state index contributed by atoms with van der Waals surface area (Å²) >= 11 is 0. The van der Waals surface area contributed by atoms with Crippen LogP contribution in [0.15, 0.2) is 0 Å². The predicted octanol–water partition coefficient (Wildman–Crippen LogP) is 3.15. The van der Waals surface area contributed by atoms with Crippen molar-refractivity contribution in [3.8, 4) is 0 Å². The standard InChI is InChI=1S/C16H30O3/c1-3-19-16(12-7-5-4-6-8-12)14-10-9-13(17)11-15(14)18-2/h12-17H,3-11H2,1-2H3. The second-order valence-corrected chi connectivity index (χ2v) is 6.22. The third kappa shape index (κ3) is 3.93. The van der Waals surface area contributed by atoms with Crippen LogP contribution in [-0.2, 0) is 9.47 Å². The minimum absolute atomic E-state index is 0.169. The molecule has 0 aromatic carbocycles. The number of hydrogen-bond donors (Lipinski definition) is 1. The lowest BCUT2D eigenvalue weighted by atomic mass is 9.73. The van der Waals surface area contributed by atoms with Crippen LogP contribution in [0.3, 0.4) is 0 Å². The molecule has 19 heavy (non-hydrogen) atoms. The van der Waals surface area contributed by atoms with Crippen LogP contribution in [0.5, 0.6) is 0 Å². The maximum atomic E-state index is 9.83. The quantitative estimate of drug-likeness (QED) is 0.834. The van der Waals surface area contributed by atoms with Crippen LogP contribution in [0.25, 0.3) is 0 Å². The number of ether oxygens (including phenoxy) is 2. The molecule has 0 aromatic heterocycles. The fraction of sp³-hybridized carbons (Fsp3) is 1.00. The van der Waals surface area contributed by atoms with E-state index in [0.717, 1.165) is 25.9 Å². The normalized spacial score (nSPS) is 35.2. The van der Waals surface area contributed by atoms with Crippen LogP contribution in [0.4, 0.5) is 0 Å². The molecular formula is C16H30O3. The first kappa shape index (κ1) is 15.3. The highest BCUT2D eigenvalue weighted by molar-refractivity contribution is 4.89. The molecule has 4 atom stereocenters. The Bertz CT molecular complexity index is 250. The largest absolute Gasteiger partial charge is 0.393 e. The van der Waals surface area contributed by atoms with Crippen molar-refractivity contribution < 1.29 is 14.6 Å². The highest BCUT2D eigenvalue weighted by Gasteiger charge is 2.39. The minimum atomic E-state index is -0.185. The molecule has 2 saturated carbocycles. The summed E-state index contributed by atoms with van der Waals surface area (Å²) in [4.78, 5) is 0. The van der Waals surface area contributed by atoms with E-state index in [2.05, 4.69) is 6.92 Å². The van der Waals surface area contributed by atoms with E-state index in [1.807, 2.05) is 0 Å². The Labute approximate surface area is 117 Å². The van der Waals surface area contributed by atoms with E-state index in [9.17, 15) is 5.11 Å². The van der Waals surface area contributed by atoms with Crippen molar-refractivity contribution >= 4 is 0 Å².